The summed E-state index contributed by atoms with van der Waals surface area (Å²) >= 11 is 0. The average Bonchev–Trinajstić information content (AvgIpc) is 2.99. The summed E-state index contributed by atoms with van der Waals surface area (Å²) in [4.78, 5) is 11.9. The fourth-order valence-corrected chi connectivity index (χ4v) is 4.27. The van der Waals surface area contributed by atoms with E-state index in [1.807, 2.05) is 7.05 Å². The summed E-state index contributed by atoms with van der Waals surface area (Å²) in [5.41, 5.74) is 2.73. The van der Waals surface area contributed by atoms with E-state index < -0.39 is 0 Å². The predicted octanol–water partition coefficient (Wildman–Crippen LogP) is 1.60. The van der Waals surface area contributed by atoms with E-state index >= 15 is 0 Å². The Balaban J connectivity index is 1.42. The quantitative estimate of drug-likeness (QED) is 0.506. The molecule has 3 rings (SSSR count). The van der Waals surface area contributed by atoms with Gasteiger partial charge in [0.2, 0.25) is 0 Å². The van der Waals surface area contributed by atoms with Crippen molar-refractivity contribution in [2.75, 3.05) is 73.1 Å². The number of hydrogen-bond donors (Lipinski definition) is 2. The van der Waals surface area contributed by atoms with Crippen molar-refractivity contribution in [1.29, 1.82) is 0 Å². The van der Waals surface area contributed by atoms with Gasteiger partial charge in [-0.15, -0.1) is 0 Å². The molecule has 1 aromatic rings. The normalized spacial score (nSPS) is 20.5. The maximum absolute atomic E-state index is 5.49. The van der Waals surface area contributed by atoms with Crippen molar-refractivity contribution in [3.63, 3.8) is 0 Å². The molecule has 2 aliphatic rings. The van der Waals surface area contributed by atoms with Gasteiger partial charge >= 0.3 is 0 Å². The van der Waals surface area contributed by atoms with Gasteiger partial charge in [-0.25, -0.2) is 0 Å². The number of nitrogens with one attached hydrogen (secondary N) is 2. The second-order valence-corrected chi connectivity index (χ2v) is 9.44. The minimum absolute atomic E-state index is 0.0607. The van der Waals surface area contributed by atoms with Crippen molar-refractivity contribution in [1.82, 2.24) is 25.3 Å². The number of morpholine rings is 1. The molecule has 0 atom stereocenters. The molecule has 1 aromatic carbocycles. The molecular formula is C24H42N6O. The second-order valence-electron chi connectivity index (χ2n) is 9.44. The maximum atomic E-state index is 5.49. The lowest BCUT2D eigenvalue weighted by Crippen LogP contribution is -2.56. The zero-order valence-electron chi connectivity index (χ0n) is 20.0. The zero-order valence-corrected chi connectivity index (χ0v) is 20.0. The molecule has 0 unspecified atom stereocenters. The van der Waals surface area contributed by atoms with Gasteiger partial charge in [-0.05, 0) is 51.5 Å². The summed E-state index contributed by atoms with van der Waals surface area (Å²) in [5.74, 6) is 0.846. The van der Waals surface area contributed by atoms with Crippen LogP contribution in [0.3, 0.4) is 0 Å². The van der Waals surface area contributed by atoms with Gasteiger partial charge in [0, 0.05) is 58.4 Å². The van der Waals surface area contributed by atoms with Crippen molar-refractivity contribution < 1.29 is 4.74 Å². The van der Waals surface area contributed by atoms with Crippen LogP contribution in [-0.4, -0.2) is 99.3 Å². The molecule has 2 fully saturated rings. The van der Waals surface area contributed by atoms with E-state index in [0.29, 0.717) is 0 Å². The van der Waals surface area contributed by atoms with Crippen LogP contribution in [0, 0.1) is 0 Å². The summed E-state index contributed by atoms with van der Waals surface area (Å²) < 4.78 is 5.49. The number of likely N-dealkylation sites (N-methyl/N-ethyl adjacent to an activating group) is 1. The summed E-state index contributed by atoms with van der Waals surface area (Å²) in [6.45, 7) is 15.5. The third kappa shape index (κ3) is 7.75. The third-order valence-corrected chi connectivity index (χ3v) is 6.48. The van der Waals surface area contributed by atoms with Crippen molar-refractivity contribution in [3.05, 3.63) is 35.4 Å². The van der Waals surface area contributed by atoms with Crippen LogP contribution in [0.2, 0.25) is 0 Å². The van der Waals surface area contributed by atoms with E-state index in [0.717, 1.165) is 65.0 Å². The summed E-state index contributed by atoms with van der Waals surface area (Å²) in [6.07, 6.45) is 1.26. The Hall–Kier alpha value is -1.67. The van der Waals surface area contributed by atoms with Crippen molar-refractivity contribution in [2.45, 2.75) is 38.9 Å². The van der Waals surface area contributed by atoms with Crippen LogP contribution < -0.4 is 10.6 Å². The Morgan fingerprint density at radius 1 is 0.968 bits per heavy atom. The van der Waals surface area contributed by atoms with Crippen LogP contribution in [0.15, 0.2) is 29.3 Å². The number of benzene rings is 1. The highest BCUT2D eigenvalue weighted by Gasteiger charge is 2.28. The van der Waals surface area contributed by atoms with Gasteiger partial charge < -0.3 is 20.3 Å². The SMILES string of the molecule is CN=C(NCc1ccc(CN2CCCN(C)CC2)cc1)NCC(C)(C)N1CCOCC1. The molecule has 2 aliphatic heterocycles. The van der Waals surface area contributed by atoms with Crippen molar-refractivity contribution in [3.8, 4) is 0 Å². The maximum Gasteiger partial charge on any atom is 0.191 e. The molecule has 0 aromatic heterocycles. The number of hydrogen-bond acceptors (Lipinski definition) is 5. The topological polar surface area (TPSA) is 55.4 Å². The van der Waals surface area contributed by atoms with Crippen LogP contribution in [0.1, 0.15) is 31.4 Å². The predicted molar refractivity (Wildman–Crippen MR) is 129 cm³/mol. The van der Waals surface area contributed by atoms with Crippen LogP contribution in [0.5, 0.6) is 0 Å². The van der Waals surface area contributed by atoms with Gasteiger partial charge in [-0.1, -0.05) is 24.3 Å². The van der Waals surface area contributed by atoms with Gasteiger partial charge in [0.05, 0.1) is 13.2 Å². The first-order chi connectivity index (χ1) is 15.0. The number of guanidine groups is 1. The molecule has 2 N–H and O–H groups in total. The molecule has 174 valence electrons. The molecule has 7 heteroatoms. The lowest BCUT2D eigenvalue weighted by molar-refractivity contribution is -0.00834. The van der Waals surface area contributed by atoms with Gasteiger partial charge in [0.25, 0.3) is 0 Å². The smallest absolute Gasteiger partial charge is 0.191 e. The highest BCUT2D eigenvalue weighted by atomic mass is 16.5. The average molecular weight is 431 g/mol. The van der Waals surface area contributed by atoms with Crippen LogP contribution >= 0.6 is 0 Å². The molecule has 0 bridgehead atoms. The van der Waals surface area contributed by atoms with Gasteiger partial charge in [0.1, 0.15) is 0 Å². The Morgan fingerprint density at radius 3 is 2.39 bits per heavy atom. The van der Waals surface area contributed by atoms with E-state index in [1.165, 1.54) is 30.6 Å². The van der Waals surface area contributed by atoms with Crippen molar-refractivity contribution in [2.24, 2.45) is 4.99 Å². The highest BCUT2D eigenvalue weighted by Crippen LogP contribution is 2.15. The first kappa shape index (κ1) is 24.0. The fourth-order valence-electron chi connectivity index (χ4n) is 4.27. The monoisotopic (exact) mass is 430 g/mol. The summed E-state index contributed by atoms with van der Waals surface area (Å²) in [6, 6.07) is 9.00. The molecule has 0 spiro atoms. The Kier molecular flexibility index (Phi) is 9.14. The van der Waals surface area contributed by atoms with Crippen molar-refractivity contribution >= 4 is 5.96 Å². The Morgan fingerprint density at radius 2 is 1.68 bits per heavy atom. The number of aliphatic imine (C=N–C) groups is 1. The summed E-state index contributed by atoms with van der Waals surface area (Å²) in [5, 5.41) is 6.95. The Bertz CT molecular complexity index is 684. The van der Waals surface area contributed by atoms with E-state index in [2.05, 4.69) is 75.5 Å². The first-order valence-corrected chi connectivity index (χ1v) is 11.7. The number of rotatable bonds is 7. The molecule has 0 amide bonds. The molecule has 2 saturated heterocycles. The molecular weight excluding hydrogens is 388 g/mol. The lowest BCUT2D eigenvalue weighted by atomic mass is 10.0. The number of ether oxygens (including phenoxy) is 1. The van der Waals surface area contributed by atoms with Gasteiger partial charge in [0.15, 0.2) is 5.96 Å². The fraction of sp³-hybridized carbons (Fsp3) is 0.708. The first-order valence-electron chi connectivity index (χ1n) is 11.7. The highest BCUT2D eigenvalue weighted by molar-refractivity contribution is 5.79. The molecule has 0 radical (unpaired) electrons. The van der Waals surface area contributed by atoms with Crippen LogP contribution in [-0.2, 0) is 17.8 Å². The third-order valence-electron chi connectivity index (χ3n) is 6.48. The molecule has 0 saturated carbocycles. The summed E-state index contributed by atoms with van der Waals surface area (Å²) in [7, 11) is 4.05. The number of nitrogens with zero attached hydrogens (tertiary/aromatic N) is 4. The van der Waals surface area contributed by atoms with Crippen LogP contribution in [0.4, 0.5) is 0 Å². The minimum atomic E-state index is 0.0607. The zero-order chi connectivity index (χ0) is 22.1. The van der Waals surface area contributed by atoms with E-state index in [9.17, 15) is 0 Å². The lowest BCUT2D eigenvalue weighted by Gasteiger charge is -2.41. The van der Waals surface area contributed by atoms with E-state index in [-0.39, 0.29) is 5.54 Å². The molecule has 7 nitrogen and oxygen atoms in total. The van der Waals surface area contributed by atoms with Gasteiger partial charge in [-0.2, -0.15) is 0 Å². The molecule has 0 aliphatic carbocycles. The van der Waals surface area contributed by atoms with Crippen LogP contribution in [0.25, 0.3) is 0 Å². The Labute approximate surface area is 188 Å². The second kappa shape index (κ2) is 11.8. The standard InChI is InChI=1S/C24H42N6O/c1-24(2,30-14-16-31-17-15-30)20-27-23(25-3)26-18-21-6-8-22(9-7-21)19-29-11-5-10-28(4)12-13-29/h6-9H,5,10-20H2,1-4H3,(H2,25,26,27). The van der Waals surface area contributed by atoms with E-state index in [4.69, 9.17) is 4.74 Å². The molecule has 2 heterocycles. The molecule has 31 heavy (non-hydrogen) atoms. The van der Waals surface area contributed by atoms with Gasteiger partial charge in [-0.3, -0.25) is 14.8 Å². The minimum Gasteiger partial charge on any atom is -0.379 e. The largest absolute Gasteiger partial charge is 0.379 e. The van der Waals surface area contributed by atoms with E-state index in [1.54, 1.807) is 0 Å².